The van der Waals surface area contributed by atoms with Crippen LogP contribution in [0.15, 0.2) is 24.4 Å². The Morgan fingerprint density at radius 2 is 2.38 bits per heavy atom. The molecule has 1 atom stereocenters. The van der Waals surface area contributed by atoms with E-state index in [4.69, 9.17) is 0 Å². The van der Waals surface area contributed by atoms with E-state index >= 15 is 0 Å². The van der Waals surface area contributed by atoms with E-state index in [1.165, 1.54) is 0 Å². The van der Waals surface area contributed by atoms with Crippen molar-refractivity contribution >= 4 is 0 Å². The highest BCUT2D eigenvalue weighted by atomic mass is 16.6. The zero-order chi connectivity index (χ0) is 9.68. The van der Waals surface area contributed by atoms with Crippen molar-refractivity contribution in [2.24, 2.45) is 5.92 Å². The lowest BCUT2D eigenvalue weighted by Gasteiger charge is -2.04. The molecular formula is C9H12N2O2. The van der Waals surface area contributed by atoms with Gasteiger partial charge >= 0.3 is 0 Å². The van der Waals surface area contributed by atoms with Gasteiger partial charge in [0, 0.05) is 22.7 Å². The van der Waals surface area contributed by atoms with Crippen LogP contribution in [0.25, 0.3) is 0 Å². The molecule has 1 unspecified atom stereocenters. The third-order valence-electron chi connectivity index (χ3n) is 1.74. The normalized spacial score (nSPS) is 12.4. The SMILES string of the molecule is CC(Cc1ccccn1)C[N+](=O)[O-]. The molecule has 70 valence electrons. The van der Waals surface area contributed by atoms with Crippen LogP contribution < -0.4 is 0 Å². The van der Waals surface area contributed by atoms with Crippen LogP contribution in [-0.2, 0) is 6.42 Å². The minimum absolute atomic E-state index is 0.0105. The lowest BCUT2D eigenvalue weighted by molar-refractivity contribution is -0.487. The van der Waals surface area contributed by atoms with Crippen LogP contribution in [0.1, 0.15) is 12.6 Å². The number of nitrogens with zero attached hydrogens (tertiary/aromatic N) is 2. The van der Waals surface area contributed by atoms with Gasteiger partial charge in [-0.05, 0) is 18.6 Å². The van der Waals surface area contributed by atoms with Gasteiger partial charge in [-0.3, -0.25) is 15.1 Å². The van der Waals surface area contributed by atoms with Gasteiger partial charge in [0.15, 0.2) is 0 Å². The Bertz CT molecular complexity index is 274. The molecule has 0 amide bonds. The summed E-state index contributed by atoms with van der Waals surface area (Å²) in [7, 11) is 0. The number of hydrogen-bond donors (Lipinski definition) is 0. The fourth-order valence-electron chi connectivity index (χ4n) is 1.19. The zero-order valence-corrected chi connectivity index (χ0v) is 7.51. The van der Waals surface area contributed by atoms with Crippen LogP contribution in [0.3, 0.4) is 0 Å². The van der Waals surface area contributed by atoms with E-state index in [0.29, 0.717) is 6.42 Å². The van der Waals surface area contributed by atoms with E-state index in [9.17, 15) is 10.1 Å². The summed E-state index contributed by atoms with van der Waals surface area (Å²) in [6.07, 6.45) is 2.37. The molecule has 4 nitrogen and oxygen atoms in total. The van der Waals surface area contributed by atoms with Crippen molar-refractivity contribution in [3.8, 4) is 0 Å². The third-order valence-corrected chi connectivity index (χ3v) is 1.74. The molecule has 4 heteroatoms. The summed E-state index contributed by atoms with van der Waals surface area (Å²) in [5.41, 5.74) is 0.914. The number of rotatable bonds is 4. The molecule has 1 rings (SSSR count). The topological polar surface area (TPSA) is 56.0 Å². The molecule has 1 aromatic rings. The smallest absolute Gasteiger partial charge is 0.206 e. The van der Waals surface area contributed by atoms with Crippen LogP contribution in [0.2, 0.25) is 0 Å². The Morgan fingerprint density at radius 3 is 2.92 bits per heavy atom. The molecule has 0 saturated carbocycles. The van der Waals surface area contributed by atoms with Gasteiger partial charge in [-0.1, -0.05) is 13.0 Å². The molecule has 0 aliphatic heterocycles. The molecule has 0 spiro atoms. The monoisotopic (exact) mass is 180 g/mol. The molecule has 0 saturated heterocycles. The van der Waals surface area contributed by atoms with E-state index in [1.807, 2.05) is 25.1 Å². The molecule has 1 heterocycles. The minimum atomic E-state index is -0.284. The first-order chi connectivity index (χ1) is 6.18. The molecule has 0 radical (unpaired) electrons. The van der Waals surface area contributed by atoms with E-state index in [-0.39, 0.29) is 17.4 Å². The Morgan fingerprint density at radius 1 is 1.62 bits per heavy atom. The standard InChI is InChI=1S/C9H12N2O2/c1-8(7-11(12)13)6-9-4-2-3-5-10-9/h2-5,8H,6-7H2,1H3. The van der Waals surface area contributed by atoms with Gasteiger partial charge in [-0.25, -0.2) is 0 Å². The second-order valence-corrected chi connectivity index (χ2v) is 3.15. The number of aromatic nitrogens is 1. The Balaban J connectivity index is 2.45. The van der Waals surface area contributed by atoms with Gasteiger partial charge in [0.25, 0.3) is 0 Å². The van der Waals surface area contributed by atoms with Gasteiger partial charge in [-0.15, -0.1) is 0 Å². The Kier molecular flexibility index (Phi) is 3.37. The Labute approximate surface area is 76.8 Å². The van der Waals surface area contributed by atoms with Crippen molar-refractivity contribution in [3.63, 3.8) is 0 Å². The molecule has 13 heavy (non-hydrogen) atoms. The van der Waals surface area contributed by atoms with Crippen molar-refractivity contribution in [2.75, 3.05) is 6.54 Å². The van der Waals surface area contributed by atoms with Crippen LogP contribution in [0.5, 0.6) is 0 Å². The zero-order valence-electron chi connectivity index (χ0n) is 7.51. The van der Waals surface area contributed by atoms with Crippen molar-refractivity contribution in [1.82, 2.24) is 4.98 Å². The second kappa shape index (κ2) is 4.54. The van der Waals surface area contributed by atoms with Crippen LogP contribution in [-0.4, -0.2) is 16.5 Å². The fourth-order valence-corrected chi connectivity index (χ4v) is 1.19. The summed E-state index contributed by atoms with van der Waals surface area (Å²) < 4.78 is 0. The summed E-state index contributed by atoms with van der Waals surface area (Å²) in [5.74, 6) is 0.0462. The molecule has 0 aromatic carbocycles. The van der Waals surface area contributed by atoms with Gasteiger partial charge in [0.05, 0.1) is 0 Å². The van der Waals surface area contributed by atoms with Crippen molar-refractivity contribution in [3.05, 3.63) is 40.2 Å². The van der Waals surface area contributed by atoms with Gasteiger partial charge < -0.3 is 0 Å². The van der Waals surface area contributed by atoms with Crippen molar-refractivity contribution < 1.29 is 4.92 Å². The largest absolute Gasteiger partial charge is 0.265 e. The van der Waals surface area contributed by atoms with Crippen LogP contribution >= 0.6 is 0 Å². The lowest BCUT2D eigenvalue weighted by atomic mass is 10.1. The maximum atomic E-state index is 10.2. The van der Waals surface area contributed by atoms with Gasteiger partial charge in [-0.2, -0.15) is 0 Å². The highest BCUT2D eigenvalue weighted by molar-refractivity contribution is 5.03. The fraction of sp³-hybridized carbons (Fsp3) is 0.444. The first-order valence-corrected chi connectivity index (χ1v) is 4.20. The van der Waals surface area contributed by atoms with Crippen LogP contribution in [0.4, 0.5) is 0 Å². The van der Waals surface area contributed by atoms with Crippen molar-refractivity contribution in [2.45, 2.75) is 13.3 Å². The first kappa shape index (κ1) is 9.64. The minimum Gasteiger partial charge on any atom is -0.265 e. The molecule has 0 bridgehead atoms. The first-order valence-electron chi connectivity index (χ1n) is 4.20. The summed E-state index contributed by atoms with van der Waals surface area (Å²) in [5, 5.41) is 10.2. The summed E-state index contributed by atoms with van der Waals surface area (Å²) >= 11 is 0. The van der Waals surface area contributed by atoms with Crippen molar-refractivity contribution in [1.29, 1.82) is 0 Å². The van der Waals surface area contributed by atoms with Gasteiger partial charge in [0.1, 0.15) is 0 Å². The maximum absolute atomic E-state index is 10.2. The number of nitro groups is 1. The van der Waals surface area contributed by atoms with Crippen LogP contribution in [0, 0.1) is 16.0 Å². The summed E-state index contributed by atoms with van der Waals surface area (Å²) in [6.45, 7) is 1.87. The number of pyridine rings is 1. The summed E-state index contributed by atoms with van der Waals surface area (Å²) in [4.78, 5) is 14.0. The Hall–Kier alpha value is -1.45. The van der Waals surface area contributed by atoms with E-state index < -0.39 is 0 Å². The number of hydrogen-bond acceptors (Lipinski definition) is 3. The quantitative estimate of drug-likeness (QED) is 0.521. The van der Waals surface area contributed by atoms with E-state index in [2.05, 4.69) is 4.98 Å². The predicted octanol–water partition coefficient (Wildman–Crippen LogP) is 1.54. The average Bonchev–Trinajstić information content (AvgIpc) is 2.04. The van der Waals surface area contributed by atoms with Gasteiger partial charge in [0.2, 0.25) is 6.54 Å². The molecule has 0 aliphatic rings. The molecule has 0 fully saturated rings. The highest BCUT2D eigenvalue weighted by Gasteiger charge is 2.10. The molecular weight excluding hydrogens is 168 g/mol. The third kappa shape index (κ3) is 3.64. The molecule has 1 aromatic heterocycles. The lowest BCUT2D eigenvalue weighted by Crippen LogP contribution is -2.13. The molecule has 0 aliphatic carbocycles. The second-order valence-electron chi connectivity index (χ2n) is 3.15. The summed E-state index contributed by atoms with van der Waals surface area (Å²) in [6, 6.07) is 5.61. The highest BCUT2D eigenvalue weighted by Crippen LogP contribution is 2.05. The molecule has 0 N–H and O–H groups in total. The van der Waals surface area contributed by atoms with E-state index in [1.54, 1.807) is 6.20 Å². The average molecular weight is 180 g/mol. The van der Waals surface area contributed by atoms with E-state index in [0.717, 1.165) is 5.69 Å². The predicted molar refractivity (Wildman–Crippen MR) is 49.0 cm³/mol. The maximum Gasteiger partial charge on any atom is 0.206 e.